The van der Waals surface area contributed by atoms with Gasteiger partial charge in [0.2, 0.25) is 0 Å². The Morgan fingerprint density at radius 2 is 1.83 bits per heavy atom. The molecule has 0 fully saturated rings. The molecule has 0 amide bonds. The smallest absolute Gasteiger partial charge is 0.123 e. The van der Waals surface area contributed by atoms with Crippen molar-refractivity contribution >= 4 is 34.0 Å². The van der Waals surface area contributed by atoms with Crippen LogP contribution in [0.3, 0.4) is 0 Å². The van der Waals surface area contributed by atoms with Gasteiger partial charge in [0.25, 0.3) is 0 Å². The zero-order chi connectivity index (χ0) is 16.4. The predicted molar refractivity (Wildman–Crippen MR) is 99.3 cm³/mol. The number of aryl methyl sites for hydroxylation is 2. The van der Waals surface area contributed by atoms with E-state index < -0.39 is 0 Å². The number of nitrogens with zero attached hydrogens (tertiary/aromatic N) is 1. The summed E-state index contributed by atoms with van der Waals surface area (Å²) in [4.78, 5) is 5.68. The number of fused-ring (bicyclic) bond motifs is 1. The Morgan fingerprint density at radius 3 is 2.57 bits per heavy atom. The lowest BCUT2D eigenvalue weighted by Gasteiger charge is -2.15. The number of pyridine rings is 1. The largest absolute Gasteiger partial charge is 0.496 e. The average molecular weight is 324 g/mol. The van der Waals surface area contributed by atoms with Gasteiger partial charge in [-0.15, -0.1) is 11.8 Å². The quantitative estimate of drug-likeness (QED) is 0.658. The summed E-state index contributed by atoms with van der Waals surface area (Å²) in [5.74, 6) is 0.890. The summed E-state index contributed by atoms with van der Waals surface area (Å²) in [6.07, 6.45) is 3.92. The summed E-state index contributed by atoms with van der Waals surface area (Å²) in [6, 6.07) is 12.5. The number of methoxy groups -OCH3 is 1. The van der Waals surface area contributed by atoms with Crippen LogP contribution in [0, 0.1) is 13.8 Å². The molecule has 0 spiro atoms. The van der Waals surface area contributed by atoms with E-state index in [0.29, 0.717) is 0 Å². The summed E-state index contributed by atoms with van der Waals surface area (Å²) >= 11 is 1.73. The minimum Gasteiger partial charge on any atom is -0.496 e. The highest BCUT2D eigenvalue weighted by Gasteiger charge is 2.08. The fourth-order valence-electron chi connectivity index (χ4n) is 2.69. The van der Waals surface area contributed by atoms with Crippen molar-refractivity contribution in [2.45, 2.75) is 18.7 Å². The fourth-order valence-corrected chi connectivity index (χ4v) is 3.13. The first-order chi connectivity index (χ1) is 11.1. The monoisotopic (exact) mass is 324 g/mol. The van der Waals surface area contributed by atoms with Gasteiger partial charge in [-0.2, -0.15) is 0 Å². The van der Waals surface area contributed by atoms with Crippen molar-refractivity contribution in [3.05, 3.63) is 53.7 Å². The molecule has 0 atom stereocenters. The third kappa shape index (κ3) is 3.13. The molecule has 23 heavy (non-hydrogen) atoms. The standard InChI is InChI=1S/C19H20N2OS/c1-12-9-13(2)19(22-3)11-18(12)21-17-7-8-20-16-6-5-14(23-4)10-15(16)17/h5-11H,1-4H3,(H,20,21). The number of ether oxygens (including phenoxy) is 1. The highest BCUT2D eigenvalue weighted by Crippen LogP contribution is 2.32. The van der Waals surface area contributed by atoms with Crippen LogP contribution in [0.2, 0.25) is 0 Å². The van der Waals surface area contributed by atoms with Gasteiger partial charge >= 0.3 is 0 Å². The second-order valence-electron chi connectivity index (χ2n) is 5.50. The number of aromatic nitrogens is 1. The van der Waals surface area contributed by atoms with Crippen molar-refractivity contribution in [2.75, 3.05) is 18.7 Å². The maximum absolute atomic E-state index is 5.45. The first-order valence-corrected chi connectivity index (χ1v) is 8.70. The Morgan fingerprint density at radius 1 is 1.00 bits per heavy atom. The van der Waals surface area contributed by atoms with Crippen LogP contribution in [0.25, 0.3) is 10.9 Å². The van der Waals surface area contributed by atoms with E-state index in [4.69, 9.17) is 4.74 Å². The van der Waals surface area contributed by atoms with Crippen molar-refractivity contribution in [1.29, 1.82) is 0 Å². The Kier molecular flexibility index (Phi) is 4.44. The Balaban J connectivity index is 2.08. The maximum atomic E-state index is 5.45. The van der Waals surface area contributed by atoms with Crippen LogP contribution in [0.5, 0.6) is 5.75 Å². The molecule has 0 saturated heterocycles. The third-order valence-electron chi connectivity index (χ3n) is 3.96. The number of hydrogen-bond donors (Lipinski definition) is 1. The van der Waals surface area contributed by atoms with E-state index in [1.165, 1.54) is 10.5 Å². The van der Waals surface area contributed by atoms with Gasteiger partial charge in [-0.1, -0.05) is 6.07 Å². The summed E-state index contributed by atoms with van der Waals surface area (Å²) in [5.41, 5.74) is 5.42. The molecule has 0 saturated carbocycles. The second-order valence-corrected chi connectivity index (χ2v) is 6.38. The Bertz CT molecular complexity index is 861. The summed E-state index contributed by atoms with van der Waals surface area (Å²) in [5, 5.41) is 4.66. The Labute approximate surface area is 141 Å². The lowest BCUT2D eigenvalue weighted by atomic mass is 10.1. The molecule has 3 rings (SSSR count). The van der Waals surface area contributed by atoms with Crippen molar-refractivity contribution in [2.24, 2.45) is 0 Å². The molecular weight excluding hydrogens is 304 g/mol. The second kappa shape index (κ2) is 6.50. The van der Waals surface area contributed by atoms with Crippen molar-refractivity contribution in [3.63, 3.8) is 0 Å². The van der Waals surface area contributed by atoms with Crippen LogP contribution in [-0.4, -0.2) is 18.3 Å². The normalized spacial score (nSPS) is 10.8. The highest BCUT2D eigenvalue weighted by molar-refractivity contribution is 7.98. The first kappa shape index (κ1) is 15.7. The molecule has 0 aliphatic rings. The molecule has 1 N–H and O–H groups in total. The molecule has 1 heterocycles. The number of nitrogens with one attached hydrogen (secondary N) is 1. The molecular formula is C19H20N2OS. The van der Waals surface area contributed by atoms with Crippen LogP contribution in [-0.2, 0) is 0 Å². The number of thioether (sulfide) groups is 1. The zero-order valence-corrected chi connectivity index (χ0v) is 14.6. The highest BCUT2D eigenvalue weighted by atomic mass is 32.2. The van der Waals surface area contributed by atoms with Crippen molar-refractivity contribution in [1.82, 2.24) is 4.98 Å². The first-order valence-electron chi connectivity index (χ1n) is 7.47. The van der Waals surface area contributed by atoms with Crippen LogP contribution >= 0.6 is 11.8 Å². The van der Waals surface area contributed by atoms with Gasteiger partial charge < -0.3 is 10.1 Å². The van der Waals surface area contributed by atoms with Gasteiger partial charge in [-0.05, 0) is 55.5 Å². The number of anilines is 2. The minimum absolute atomic E-state index is 0.890. The molecule has 0 bridgehead atoms. The summed E-state index contributed by atoms with van der Waals surface area (Å²) in [7, 11) is 1.70. The number of rotatable bonds is 4. The van der Waals surface area contributed by atoms with Gasteiger partial charge in [0.1, 0.15) is 5.75 Å². The van der Waals surface area contributed by atoms with E-state index >= 15 is 0 Å². The van der Waals surface area contributed by atoms with E-state index in [0.717, 1.165) is 33.6 Å². The SMILES string of the molecule is COc1cc(Nc2ccnc3ccc(SC)cc23)c(C)cc1C. The minimum atomic E-state index is 0.890. The molecule has 3 aromatic rings. The van der Waals surface area contributed by atoms with E-state index in [2.05, 4.69) is 60.7 Å². The van der Waals surface area contributed by atoms with Crippen molar-refractivity contribution < 1.29 is 4.74 Å². The molecule has 0 unspecified atom stereocenters. The van der Waals surface area contributed by atoms with Gasteiger partial charge in [0.05, 0.1) is 12.6 Å². The van der Waals surface area contributed by atoms with E-state index in [1.807, 2.05) is 12.3 Å². The zero-order valence-electron chi connectivity index (χ0n) is 13.8. The van der Waals surface area contributed by atoms with Gasteiger partial charge in [0, 0.05) is 33.9 Å². The van der Waals surface area contributed by atoms with Crippen LogP contribution in [0.4, 0.5) is 11.4 Å². The van der Waals surface area contributed by atoms with Crippen LogP contribution < -0.4 is 10.1 Å². The van der Waals surface area contributed by atoms with Gasteiger partial charge in [-0.25, -0.2) is 0 Å². The lowest BCUT2D eigenvalue weighted by Crippen LogP contribution is -1.97. The van der Waals surface area contributed by atoms with Crippen LogP contribution in [0.1, 0.15) is 11.1 Å². The summed E-state index contributed by atoms with van der Waals surface area (Å²) in [6.45, 7) is 4.16. The van der Waals surface area contributed by atoms with E-state index in [-0.39, 0.29) is 0 Å². The molecule has 0 aliphatic carbocycles. The van der Waals surface area contributed by atoms with Gasteiger partial charge in [-0.3, -0.25) is 4.98 Å². The van der Waals surface area contributed by atoms with E-state index in [1.54, 1.807) is 18.9 Å². The molecule has 0 aliphatic heterocycles. The van der Waals surface area contributed by atoms with Crippen molar-refractivity contribution in [3.8, 4) is 5.75 Å². The number of benzene rings is 2. The maximum Gasteiger partial charge on any atom is 0.123 e. The molecule has 3 nitrogen and oxygen atoms in total. The molecule has 118 valence electrons. The number of hydrogen-bond acceptors (Lipinski definition) is 4. The molecule has 1 aromatic heterocycles. The van der Waals surface area contributed by atoms with Gasteiger partial charge in [0.15, 0.2) is 0 Å². The summed E-state index contributed by atoms with van der Waals surface area (Å²) < 4.78 is 5.45. The molecule has 0 radical (unpaired) electrons. The fraction of sp³-hybridized carbons (Fsp3) is 0.211. The lowest BCUT2D eigenvalue weighted by molar-refractivity contribution is 0.412. The van der Waals surface area contributed by atoms with Crippen LogP contribution in [0.15, 0.2) is 47.5 Å². The Hall–Kier alpha value is -2.20. The van der Waals surface area contributed by atoms with E-state index in [9.17, 15) is 0 Å². The molecule has 4 heteroatoms. The molecule has 2 aromatic carbocycles. The third-order valence-corrected chi connectivity index (χ3v) is 4.69. The predicted octanol–water partition coefficient (Wildman–Crippen LogP) is 5.33. The average Bonchev–Trinajstić information content (AvgIpc) is 2.57. The topological polar surface area (TPSA) is 34.1 Å².